The minimum absolute atomic E-state index is 0.189. The molecule has 1 atom stereocenters. The average molecular weight is 388 g/mol. The van der Waals surface area contributed by atoms with E-state index in [0.29, 0.717) is 19.3 Å². The van der Waals surface area contributed by atoms with Crippen molar-refractivity contribution < 1.29 is 9.59 Å². The average Bonchev–Trinajstić information content (AvgIpc) is 3.16. The Kier molecular flexibility index (Phi) is 6.64. The van der Waals surface area contributed by atoms with Crippen molar-refractivity contribution in [2.24, 2.45) is 0 Å². The Balaban J connectivity index is 1.58. The van der Waals surface area contributed by atoms with Gasteiger partial charge in [-0.2, -0.15) is 5.26 Å². The number of hydrogen-bond donors (Lipinski definition) is 2. The molecule has 2 aromatic carbocycles. The molecule has 0 spiro atoms. The summed E-state index contributed by atoms with van der Waals surface area (Å²) in [5.74, 6) is -0.605. The zero-order valence-electron chi connectivity index (χ0n) is 16.4. The van der Waals surface area contributed by atoms with Gasteiger partial charge in [-0.05, 0) is 30.0 Å². The molecular formula is C23H24N4O2. The number of H-pyrrole nitrogens is 1. The highest BCUT2D eigenvalue weighted by molar-refractivity contribution is 5.88. The summed E-state index contributed by atoms with van der Waals surface area (Å²) in [6.45, 7) is 0. The molecule has 1 unspecified atom stereocenters. The van der Waals surface area contributed by atoms with Gasteiger partial charge in [0.05, 0.1) is 0 Å². The molecule has 0 saturated heterocycles. The van der Waals surface area contributed by atoms with E-state index in [1.165, 1.54) is 18.0 Å². The number of benzene rings is 2. The fraction of sp³-hybridized carbons (Fsp3) is 0.261. The Morgan fingerprint density at radius 2 is 1.86 bits per heavy atom. The molecule has 0 bridgehead atoms. The molecule has 29 heavy (non-hydrogen) atoms. The first-order chi connectivity index (χ1) is 14.1. The molecule has 148 valence electrons. The highest BCUT2D eigenvalue weighted by Crippen LogP contribution is 2.19. The third kappa shape index (κ3) is 5.23. The maximum Gasteiger partial charge on any atom is 0.258 e. The lowest BCUT2D eigenvalue weighted by atomic mass is 10.0. The zero-order valence-corrected chi connectivity index (χ0v) is 16.4. The molecule has 3 aromatic rings. The van der Waals surface area contributed by atoms with Gasteiger partial charge in [-0.25, -0.2) is 0 Å². The van der Waals surface area contributed by atoms with Gasteiger partial charge in [0.15, 0.2) is 6.19 Å². The van der Waals surface area contributed by atoms with Crippen LogP contribution < -0.4 is 5.32 Å². The number of carbonyl (C=O) groups is 2. The third-order valence-corrected chi connectivity index (χ3v) is 4.92. The number of likely N-dealkylation sites (N-methyl/N-ethyl adjacent to an activating group) is 1. The highest BCUT2D eigenvalue weighted by atomic mass is 16.2. The number of para-hydroxylation sites is 1. The first-order valence-electron chi connectivity index (χ1n) is 9.64. The number of amides is 2. The number of fused-ring (bicyclic) bond motifs is 1. The van der Waals surface area contributed by atoms with E-state index in [1.807, 2.05) is 60.9 Å². The van der Waals surface area contributed by atoms with Crippen molar-refractivity contribution in [3.63, 3.8) is 0 Å². The molecule has 0 aliphatic rings. The Bertz CT molecular complexity index is 1020. The lowest BCUT2D eigenvalue weighted by Gasteiger charge is -2.20. The number of hydrogen-bond acceptors (Lipinski definition) is 3. The predicted octanol–water partition coefficient (Wildman–Crippen LogP) is 3.16. The molecule has 2 amide bonds. The number of aromatic amines is 1. The minimum atomic E-state index is -0.761. The van der Waals surface area contributed by atoms with Gasteiger partial charge in [0.2, 0.25) is 5.91 Å². The number of nitriles is 1. The maximum absolute atomic E-state index is 12.5. The summed E-state index contributed by atoms with van der Waals surface area (Å²) in [5.41, 5.74) is 3.19. The SMILES string of the molecule is CN(C#N)C(=O)C(Cc1ccccc1)NC(=O)CCCc1c[nH]c2ccccc12. The van der Waals surface area contributed by atoms with Crippen LogP contribution in [0.15, 0.2) is 60.8 Å². The van der Waals surface area contributed by atoms with Crippen LogP contribution in [0.25, 0.3) is 10.9 Å². The maximum atomic E-state index is 12.5. The molecule has 6 nitrogen and oxygen atoms in total. The van der Waals surface area contributed by atoms with Crippen LogP contribution in [0, 0.1) is 11.5 Å². The molecule has 1 heterocycles. The summed E-state index contributed by atoms with van der Waals surface area (Å²) < 4.78 is 0. The van der Waals surface area contributed by atoms with E-state index in [4.69, 9.17) is 5.26 Å². The monoisotopic (exact) mass is 388 g/mol. The van der Waals surface area contributed by atoms with E-state index < -0.39 is 11.9 Å². The lowest BCUT2D eigenvalue weighted by molar-refractivity contribution is -0.133. The minimum Gasteiger partial charge on any atom is -0.361 e. The van der Waals surface area contributed by atoms with Gasteiger partial charge in [-0.1, -0.05) is 48.5 Å². The molecule has 6 heteroatoms. The molecular weight excluding hydrogens is 364 g/mol. The quantitative estimate of drug-likeness (QED) is 0.459. The summed E-state index contributed by atoms with van der Waals surface area (Å²) in [7, 11) is 1.41. The van der Waals surface area contributed by atoms with E-state index in [-0.39, 0.29) is 5.91 Å². The number of carbonyl (C=O) groups excluding carboxylic acids is 2. The smallest absolute Gasteiger partial charge is 0.258 e. The fourth-order valence-electron chi connectivity index (χ4n) is 3.38. The summed E-state index contributed by atoms with van der Waals surface area (Å²) in [6, 6.07) is 16.8. The predicted molar refractivity (Wildman–Crippen MR) is 112 cm³/mol. The van der Waals surface area contributed by atoms with Gasteiger partial charge in [-0.3, -0.25) is 14.5 Å². The van der Waals surface area contributed by atoms with Crippen LogP contribution in [-0.4, -0.2) is 34.8 Å². The van der Waals surface area contributed by atoms with Crippen LogP contribution in [0.2, 0.25) is 0 Å². The number of rotatable bonds is 8. The van der Waals surface area contributed by atoms with Gasteiger partial charge < -0.3 is 10.3 Å². The van der Waals surface area contributed by atoms with Gasteiger partial charge in [0.25, 0.3) is 5.91 Å². The fourth-order valence-corrected chi connectivity index (χ4v) is 3.38. The highest BCUT2D eigenvalue weighted by Gasteiger charge is 2.24. The number of aromatic nitrogens is 1. The van der Waals surface area contributed by atoms with Gasteiger partial charge in [0, 0.05) is 37.0 Å². The molecule has 0 aliphatic heterocycles. The Hall–Kier alpha value is -3.59. The van der Waals surface area contributed by atoms with Gasteiger partial charge in [0.1, 0.15) is 6.04 Å². The van der Waals surface area contributed by atoms with Crippen LogP contribution in [0.1, 0.15) is 24.0 Å². The topological polar surface area (TPSA) is 89.0 Å². The summed E-state index contributed by atoms with van der Waals surface area (Å²) in [5, 5.41) is 13.0. The van der Waals surface area contributed by atoms with Crippen molar-refractivity contribution in [2.45, 2.75) is 31.7 Å². The van der Waals surface area contributed by atoms with E-state index in [2.05, 4.69) is 16.4 Å². The summed E-state index contributed by atoms with van der Waals surface area (Å²) in [4.78, 5) is 29.2. The van der Waals surface area contributed by atoms with E-state index in [0.717, 1.165) is 22.4 Å². The van der Waals surface area contributed by atoms with Crippen molar-refractivity contribution in [3.8, 4) is 6.19 Å². The van der Waals surface area contributed by atoms with Crippen molar-refractivity contribution in [1.82, 2.24) is 15.2 Å². The van der Waals surface area contributed by atoms with Crippen LogP contribution in [-0.2, 0) is 22.4 Å². The molecule has 0 aliphatic carbocycles. The Morgan fingerprint density at radius 1 is 1.14 bits per heavy atom. The first-order valence-corrected chi connectivity index (χ1v) is 9.64. The second-order valence-corrected chi connectivity index (χ2v) is 7.02. The second kappa shape index (κ2) is 9.56. The van der Waals surface area contributed by atoms with Gasteiger partial charge >= 0.3 is 0 Å². The standard InChI is InChI=1S/C23H24N4O2/c1-27(16-24)23(29)21(14-17-8-3-2-4-9-17)26-22(28)13-7-10-18-15-25-20-12-6-5-11-19(18)20/h2-6,8-9,11-12,15,21,25H,7,10,13-14H2,1H3,(H,26,28). The largest absolute Gasteiger partial charge is 0.361 e. The normalized spacial score (nSPS) is 11.6. The lowest BCUT2D eigenvalue weighted by Crippen LogP contribution is -2.47. The van der Waals surface area contributed by atoms with E-state index >= 15 is 0 Å². The van der Waals surface area contributed by atoms with Crippen LogP contribution >= 0.6 is 0 Å². The summed E-state index contributed by atoms with van der Waals surface area (Å²) >= 11 is 0. The zero-order chi connectivity index (χ0) is 20.6. The van der Waals surface area contributed by atoms with Crippen molar-refractivity contribution in [3.05, 3.63) is 71.9 Å². The van der Waals surface area contributed by atoms with Crippen molar-refractivity contribution in [1.29, 1.82) is 5.26 Å². The van der Waals surface area contributed by atoms with Crippen molar-refractivity contribution >= 4 is 22.7 Å². The molecule has 3 rings (SSSR count). The van der Waals surface area contributed by atoms with Gasteiger partial charge in [-0.15, -0.1) is 0 Å². The summed E-state index contributed by atoms with van der Waals surface area (Å²) in [6.07, 6.45) is 5.90. The van der Waals surface area contributed by atoms with Crippen LogP contribution in [0.5, 0.6) is 0 Å². The molecule has 2 N–H and O–H groups in total. The van der Waals surface area contributed by atoms with Crippen LogP contribution in [0.3, 0.4) is 0 Å². The number of aryl methyl sites for hydroxylation is 1. The van der Waals surface area contributed by atoms with E-state index in [1.54, 1.807) is 0 Å². The third-order valence-electron chi connectivity index (χ3n) is 4.92. The molecule has 1 aromatic heterocycles. The van der Waals surface area contributed by atoms with Crippen LogP contribution in [0.4, 0.5) is 0 Å². The number of nitrogens with zero attached hydrogens (tertiary/aromatic N) is 2. The molecule has 0 radical (unpaired) electrons. The van der Waals surface area contributed by atoms with E-state index in [9.17, 15) is 9.59 Å². The second-order valence-electron chi connectivity index (χ2n) is 7.02. The Morgan fingerprint density at radius 3 is 2.62 bits per heavy atom. The molecule has 0 saturated carbocycles. The Labute approximate surface area is 170 Å². The first kappa shape index (κ1) is 20.2. The molecule has 0 fully saturated rings. The number of nitrogens with one attached hydrogen (secondary N) is 2. The van der Waals surface area contributed by atoms with Crippen molar-refractivity contribution in [2.75, 3.05) is 7.05 Å².